The number of hydrogen-bond acceptors (Lipinski definition) is 0. The summed E-state index contributed by atoms with van der Waals surface area (Å²) >= 11 is 0. The zero-order valence-corrected chi connectivity index (χ0v) is 29.3. The lowest BCUT2D eigenvalue weighted by Crippen LogP contribution is -1.82. The first-order valence-corrected chi connectivity index (χ1v) is 18.9. The number of rotatable bonds is 0. The van der Waals surface area contributed by atoms with Crippen molar-refractivity contribution in [2.75, 3.05) is 0 Å². The Morgan fingerprint density at radius 1 is 0.167 bits per heavy atom. The van der Waals surface area contributed by atoms with Crippen molar-refractivity contribution in [3.8, 4) is 22.3 Å². The molecule has 0 aliphatic heterocycles. The molecule has 0 saturated heterocycles. The maximum absolute atomic E-state index is 2.44. The molecule has 0 atom stereocenters. The second-order valence-electron chi connectivity index (χ2n) is 15.1. The predicted octanol–water partition coefficient (Wildman–Crippen LogP) is 15.4. The third kappa shape index (κ3) is 3.58. The normalized spacial score (nSPS) is 12.4. The van der Waals surface area contributed by atoms with Gasteiger partial charge in [-0.25, -0.2) is 0 Å². The highest BCUT2D eigenvalue weighted by molar-refractivity contribution is 6.41. The van der Waals surface area contributed by atoms with E-state index >= 15 is 0 Å². The van der Waals surface area contributed by atoms with Crippen molar-refractivity contribution >= 4 is 108 Å². The number of benzene rings is 11. The highest BCUT2D eigenvalue weighted by atomic mass is 14.3. The molecule has 0 aromatic heterocycles. The lowest BCUT2D eigenvalue weighted by molar-refractivity contribution is 1.70. The molecule has 0 amide bonds. The van der Waals surface area contributed by atoms with E-state index in [0.29, 0.717) is 0 Å². The third-order valence-corrected chi connectivity index (χ3v) is 12.5. The first-order chi connectivity index (χ1) is 26.8. The van der Waals surface area contributed by atoms with Crippen molar-refractivity contribution in [2.45, 2.75) is 0 Å². The quantitative estimate of drug-likeness (QED) is 0.140. The van der Waals surface area contributed by atoms with Gasteiger partial charge in [0, 0.05) is 0 Å². The Morgan fingerprint density at radius 3 is 1.13 bits per heavy atom. The molecule has 13 aromatic carbocycles. The van der Waals surface area contributed by atoms with E-state index in [2.05, 4.69) is 182 Å². The van der Waals surface area contributed by atoms with Gasteiger partial charge >= 0.3 is 0 Å². The molecule has 14 rings (SSSR count). The highest BCUT2D eigenvalue weighted by Crippen LogP contribution is 2.50. The van der Waals surface area contributed by atoms with Crippen LogP contribution in [0.15, 0.2) is 182 Å². The van der Waals surface area contributed by atoms with Gasteiger partial charge in [0.2, 0.25) is 0 Å². The zero-order chi connectivity index (χ0) is 35.1. The summed E-state index contributed by atoms with van der Waals surface area (Å²) in [5.41, 5.74) is 5.46. The molecule has 0 nitrogen and oxygen atoms in total. The van der Waals surface area contributed by atoms with Gasteiger partial charge in [-0.15, -0.1) is 0 Å². The van der Waals surface area contributed by atoms with E-state index in [4.69, 9.17) is 0 Å². The molecular weight excluding hydrogens is 649 g/mol. The monoisotopic (exact) mass is 678 g/mol. The largest absolute Gasteiger partial charge is 0.0616 e. The van der Waals surface area contributed by atoms with Crippen LogP contribution in [0.3, 0.4) is 0 Å². The average Bonchev–Trinajstić information content (AvgIpc) is 3.86. The fourth-order valence-corrected chi connectivity index (χ4v) is 10.3. The van der Waals surface area contributed by atoms with Crippen LogP contribution in [0.4, 0.5) is 0 Å². The van der Waals surface area contributed by atoms with Crippen LogP contribution in [0.2, 0.25) is 0 Å². The first-order valence-electron chi connectivity index (χ1n) is 18.9. The van der Waals surface area contributed by atoms with E-state index in [-0.39, 0.29) is 0 Å². The fraction of sp³-hybridized carbons (Fsp3) is 0. The lowest BCUT2D eigenvalue weighted by atomic mass is 9.93. The highest BCUT2D eigenvalue weighted by Gasteiger charge is 2.23. The van der Waals surface area contributed by atoms with Crippen LogP contribution in [-0.4, -0.2) is 0 Å². The molecule has 0 spiro atoms. The van der Waals surface area contributed by atoms with Crippen LogP contribution >= 0.6 is 0 Å². The van der Waals surface area contributed by atoms with Gasteiger partial charge in [0.25, 0.3) is 0 Å². The van der Waals surface area contributed by atoms with E-state index in [1.807, 2.05) is 0 Å². The van der Waals surface area contributed by atoms with Crippen molar-refractivity contribution in [2.24, 2.45) is 0 Å². The van der Waals surface area contributed by atoms with Gasteiger partial charge in [0.15, 0.2) is 0 Å². The molecule has 0 unspecified atom stereocenters. The van der Waals surface area contributed by atoms with E-state index in [9.17, 15) is 0 Å². The van der Waals surface area contributed by atoms with E-state index in [1.54, 1.807) is 0 Å². The second-order valence-corrected chi connectivity index (χ2v) is 15.1. The summed E-state index contributed by atoms with van der Waals surface area (Å²) in [7, 11) is 0. The maximum atomic E-state index is 2.44. The molecule has 0 radical (unpaired) electrons. The molecule has 1 aliphatic carbocycles. The zero-order valence-electron chi connectivity index (χ0n) is 29.3. The lowest BCUT2D eigenvalue weighted by Gasteiger charge is -2.10. The fourth-order valence-electron chi connectivity index (χ4n) is 10.3. The van der Waals surface area contributed by atoms with Gasteiger partial charge in [-0.3, -0.25) is 0 Å². The Kier molecular flexibility index (Phi) is 5.45. The molecular formula is C54H30. The van der Waals surface area contributed by atoms with Gasteiger partial charge in [0.1, 0.15) is 0 Å². The van der Waals surface area contributed by atoms with E-state index < -0.39 is 0 Å². The summed E-state index contributed by atoms with van der Waals surface area (Å²) in [5.74, 6) is 0. The van der Waals surface area contributed by atoms with Crippen LogP contribution in [0.1, 0.15) is 0 Å². The van der Waals surface area contributed by atoms with Crippen LogP contribution in [0.25, 0.3) is 130 Å². The van der Waals surface area contributed by atoms with Gasteiger partial charge in [-0.1, -0.05) is 164 Å². The molecule has 1 aliphatic rings. The minimum Gasteiger partial charge on any atom is -0.0616 e. The SMILES string of the molecule is c1ccc2c(c1)-c1cccc3c1c-2cc1c2ccccc2ccc31.c1ccc2c(c1)c1cccc3c4cc5c6ccccc6c6cccc(c4cc2c13)c65. The molecule has 0 N–H and O–H groups in total. The Hall–Kier alpha value is -7.02. The summed E-state index contributed by atoms with van der Waals surface area (Å²) < 4.78 is 0. The van der Waals surface area contributed by atoms with Crippen molar-refractivity contribution in [1.82, 2.24) is 0 Å². The van der Waals surface area contributed by atoms with Gasteiger partial charge in [0.05, 0.1) is 0 Å². The molecule has 54 heavy (non-hydrogen) atoms. The number of fused-ring (bicyclic) bond motifs is 16. The van der Waals surface area contributed by atoms with Crippen LogP contribution in [0, 0.1) is 0 Å². The minimum absolute atomic E-state index is 1.30. The Balaban J connectivity index is 0.000000118. The summed E-state index contributed by atoms with van der Waals surface area (Å²) in [6.07, 6.45) is 0. The van der Waals surface area contributed by atoms with Gasteiger partial charge in [-0.2, -0.15) is 0 Å². The molecule has 246 valence electrons. The van der Waals surface area contributed by atoms with Crippen molar-refractivity contribution in [3.05, 3.63) is 182 Å². The molecule has 13 aromatic rings. The molecule has 0 fully saturated rings. The first kappa shape index (κ1) is 28.6. The summed E-state index contributed by atoms with van der Waals surface area (Å²) in [5, 5.41) is 27.3. The number of hydrogen-bond donors (Lipinski definition) is 0. The van der Waals surface area contributed by atoms with Crippen molar-refractivity contribution in [1.29, 1.82) is 0 Å². The van der Waals surface area contributed by atoms with Crippen LogP contribution < -0.4 is 0 Å². The molecule has 0 bridgehead atoms. The predicted molar refractivity (Wildman–Crippen MR) is 235 cm³/mol. The summed E-state index contributed by atoms with van der Waals surface area (Å²) in [4.78, 5) is 0. The minimum atomic E-state index is 1.30. The second kappa shape index (κ2) is 10.3. The molecule has 0 saturated carbocycles. The average molecular weight is 679 g/mol. The van der Waals surface area contributed by atoms with Gasteiger partial charge < -0.3 is 0 Å². The van der Waals surface area contributed by atoms with Crippen LogP contribution in [0.5, 0.6) is 0 Å². The van der Waals surface area contributed by atoms with E-state index in [1.165, 1.54) is 130 Å². The van der Waals surface area contributed by atoms with Crippen molar-refractivity contribution < 1.29 is 0 Å². The van der Waals surface area contributed by atoms with Crippen molar-refractivity contribution in [3.63, 3.8) is 0 Å². The Bertz CT molecular complexity index is 3570. The molecule has 0 heterocycles. The topological polar surface area (TPSA) is 0 Å². The Morgan fingerprint density at radius 2 is 0.537 bits per heavy atom. The smallest absolute Gasteiger partial charge is 0.00199 e. The van der Waals surface area contributed by atoms with E-state index in [0.717, 1.165) is 0 Å². The molecule has 0 heteroatoms. The summed E-state index contributed by atoms with van der Waals surface area (Å²) in [6.45, 7) is 0. The third-order valence-electron chi connectivity index (χ3n) is 12.5. The maximum Gasteiger partial charge on any atom is -0.00199 e. The Labute approximate surface area is 310 Å². The van der Waals surface area contributed by atoms with Gasteiger partial charge in [-0.05, 0) is 148 Å². The van der Waals surface area contributed by atoms with Crippen LogP contribution in [-0.2, 0) is 0 Å². The standard InChI is InChI=1S/C30H16.C24H14/c1-3-9-19-17(7-1)21-11-5-13-23-26-16-28-20-10-4-2-8-18(20)22-12-6-14-24(30(22)28)25(26)15-27(19)29(21)23;1-2-7-16-15(6-1)12-13-19-21-11-5-10-20-17-8-3-4-9-18(17)23(24(20)21)14-22(16)19/h1-16H;1-14H. The summed E-state index contributed by atoms with van der Waals surface area (Å²) in [6, 6.07) is 67.3.